The molecule has 194 valence electrons. The third kappa shape index (κ3) is 3.71. The molecule has 3 unspecified atom stereocenters. The van der Waals surface area contributed by atoms with Crippen LogP contribution in [0.4, 0.5) is 11.4 Å². The number of nitrogens with one attached hydrogen (secondary N) is 3. The molecule has 0 spiro atoms. The van der Waals surface area contributed by atoms with Crippen molar-refractivity contribution in [3.05, 3.63) is 54.6 Å². The zero-order valence-corrected chi connectivity index (χ0v) is 21.6. The topological polar surface area (TPSA) is 86.9 Å². The Labute approximate surface area is 222 Å². The van der Waals surface area contributed by atoms with E-state index in [4.69, 9.17) is 4.98 Å². The summed E-state index contributed by atoms with van der Waals surface area (Å²) in [6, 6.07) is 13.8. The lowest BCUT2D eigenvalue weighted by Crippen LogP contribution is -2.51. The molecule has 5 fully saturated rings. The van der Waals surface area contributed by atoms with Crippen LogP contribution in [0, 0.1) is 40.9 Å². The number of allylic oxidation sites excluding steroid dienone is 2. The van der Waals surface area contributed by atoms with Crippen molar-refractivity contribution in [2.75, 3.05) is 10.6 Å². The second kappa shape index (κ2) is 8.29. The molecule has 3 atom stereocenters. The number of fused-ring (bicyclic) bond motifs is 3. The number of carbonyl (C=O) groups is 2. The van der Waals surface area contributed by atoms with E-state index in [1.165, 1.54) is 19.3 Å². The number of carbonyl (C=O) groups excluding carboxylic acids is 2. The molecule has 0 aliphatic heterocycles. The van der Waals surface area contributed by atoms with E-state index < -0.39 is 0 Å². The van der Waals surface area contributed by atoms with Crippen LogP contribution in [0.15, 0.2) is 54.6 Å². The number of benzene rings is 2. The quantitative estimate of drug-likeness (QED) is 0.344. The molecule has 6 bridgehead atoms. The maximum absolute atomic E-state index is 13.5. The van der Waals surface area contributed by atoms with Gasteiger partial charge in [-0.1, -0.05) is 12.2 Å². The van der Waals surface area contributed by atoms with Crippen LogP contribution in [0.5, 0.6) is 0 Å². The highest BCUT2D eigenvalue weighted by Gasteiger charge is 2.54. The molecule has 1 aromatic heterocycles. The maximum Gasteiger partial charge on any atom is 0.230 e. The van der Waals surface area contributed by atoms with Gasteiger partial charge in [0.15, 0.2) is 0 Å². The van der Waals surface area contributed by atoms with Crippen molar-refractivity contribution in [1.82, 2.24) is 9.97 Å². The first-order chi connectivity index (χ1) is 18.5. The van der Waals surface area contributed by atoms with Gasteiger partial charge < -0.3 is 15.6 Å². The summed E-state index contributed by atoms with van der Waals surface area (Å²) in [6.07, 6.45) is 13.8. The molecule has 6 aliphatic carbocycles. The average molecular weight is 507 g/mol. The normalized spacial score (nSPS) is 34.2. The molecule has 0 saturated heterocycles. The van der Waals surface area contributed by atoms with Crippen LogP contribution in [0.2, 0.25) is 0 Å². The van der Waals surface area contributed by atoms with Crippen LogP contribution in [-0.2, 0) is 9.59 Å². The van der Waals surface area contributed by atoms with Gasteiger partial charge in [0.25, 0.3) is 0 Å². The number of hydrogen-bond acceptors (Lipinski definition) is 3. The van der Waals surface area contributed by atoms with Crippen LogP contribution < -0.4 is 10.6 Å². The Morgan fingerprint density at radius 3 is 2.18 bits per heavy atom. The SMILES string of the molecule is O=C(Nc1ccc(-c2nc3ccc(NC(=O)C45CC6CC(CC(C6)C4)C5)cc3[nH]2)cc1)C1CC2C=CC1C2. The minimum atomic E-state index is -0.159. The highest BCUT2D eigenvalue weighted by Crippen LogP contribution is 2.60. The fourth-order valence-corrected chi connectivity index (χ4v) is 8.91. The van der Waals surface area contributed by atoms with Crippen molar-refractivity contribution in [2.45, 2.75) is 51.4 Å². The number of imidazole rings is 1. The molecule has 1 heterocycles. The zero-order valence-electron chi connectivity index (χ0n) is 21.6. The van der Waals surface area contributed by atoms with Gasteiger partial charge in [0.2, 0.25) is 11.8 Å². The van der Waals surface area contributed by atoms with E-state index in [1.54, 1.807) is 0 Å². The van der Waals surface area contributed by atoms with E-state index in [9.17, 15) is 9.59 Å². The van der Waals surface area contributed by atoms with Crippen molar-refractivity contribution in [1.29, 1.82) is 0 Å². The smallest absolute Gasteiger partial charge is 0.230 e. The summed E-state index contributed by atoms with van der Waals surface area (Å²) in [5.41, 5.74) is 4.23. The highest BCUT2D eigenvalue weighted by atomic mass is 16.2. The molecular weight excluding hydrogens is 472 g/mol. The summed E-state index contributed by atoms with van der Waals surface area (Å²) in [6.45, 7) is 0. The van der Waals surface area contributed by atoms with E-state index in [0.29, 0.717) is 11.8 Å². The molecule has 3 N–H and O–H groups in total. The van der Waals surface area contributed by atoms with E-state index in [-0.39, 0.29) is 23.1 Å². The lowest BCUT2D eigenvalue weighted by atomic mass is 9.49. The molecule has 6 aliphatic rings. The summed E-state index contributed by atoms with van der Waals surface area (Å²) < 4.78 is 0. The van der Waals surface area contributed by atoms with Gasteiger partial charge in [-0.3, -0.25) is 9.59 Å². The highest BCUT2D eigenvalue weighted by molar-refractivity contribution is 5.97. The minimum Gasteiger partial charge on any atom is -0.338 e. The molecule has 9 rings (SSSR count). The Bertz CT molecular complexity index is 1430. The van der Waals surface area contributed by atoms with Crippen molar-refractivity contribution < 1.29 is 9.59 Å². The number of aromatic amines is 1. The second-order valence-corrected chi connectivity index (χ2v) is 12.9. The van der Waals surface area contributed by atoms with Crippen molar-refractivity contribution in [2.24, 2.45) is 40.9 Å². The van der Waals surface area contributed by atoms with E-state index in [1.807, 2.05) is 42.5 Å². The monoisotopic (exact) mass is 506 g/mol. The lowest BCUT2D eigenvalue weighted by Gasteiger charge is -2.55. The van der Waals surface area contributed by atoms with Crippen LogP contribution in [-0.4, -0.2) is 21.8 Å². The van der Waals surface area contributed by atoms with Crippen molar-refractivity contribution >= 4 is 34.2 Å². The molecule has 2 amide bonds. The van der Waals surface area contributed by atoms with E-state index in [0.717, 1.165) is 83.7 Å². The molecule has 6 heteroatoms. The second-order valence-electron chi connectivity index (χ2n) is 12.9. The third-order valence-electron chi connectivity index (χ3n) is 10.3. The Balaban J connectivity index is 0.964. The molecule has 2 aromatic carbocycles. The van der Waals surface area contributed by atoms with Gasteiger partial charge in [-0.05, 0) is 123 Å². The summed E-state index contributed by atoms with van der Waals surface area (Å²) in [5.74, 6) is 4.45. The van der Waals surface area contributed by atoms with Gasteiger partial charge in [-0.15, -0.1) is 0 Å². The van der Waals surface area contributed by atoms with Crippen LogP contribution in [0.1, 0.15) is 51.4 Å². The number of aromatic nitrogens is 2. The predicted octanol–water partition coefficient (Wildman–Crippen LogP) is 6.54. The molecule has 3 aromatic rings. The fourth-order valence-electron chi connectivity index (χ4n) is 8.91. The summed E-state index contributed by atoms with van der Waals surface area (Å²) in [4.78, 5) is 34.5. The van der Waals surface area contributed by atoms with Crippen molar-refractivity contribution in [3.63, 3.8) is 0 Å². The van der Waals surface area contributed by atoms with Gasteiger partial charge in [0, 0.05) is 22.9 Å². The minimum absolute atomic E-state index is 0.0951. The lowest BCUT2D eigenvalue weighted by molar-refractivity contribution is -0.140. The molecule has 6 nitrogen and oxygen atoms in total. The van der Waals surface area contributed by atoms with Gasteiger partial charge in [0.05, 0.1) is 16.4 Å². The van der Waals surface area contributed by atoms with E-state index in [2.05, 4.69) is 27.8 Å². The standard InChI is InChI=1S/C32H34N4O2/c37-30(26-13-18-1-2-23(26)12-18)33-24-5-3-22(4-6-24)29-35-27-8-7-25(14-28(27)36-29)34-31(38)32-15-19-9-20(16-32)11-21(10-19)17-32/h1-8,14,18-21,23,26H,9-13,15-17H2,(H,33,37)(H,34,38)(H,35,36). The van der Waals surface area contributed by atoms with Gasteiger partial charge in [-0.25, -0.2) is 4.98 Å². The number of amides is 2. The van der Waals surface area contributed by atoms with E-state index >= 15 is 0 Å². The Morgan fingerprint density at radius 2 is 1.53 bits per heavy atom. The predicted molar refractivity (Wildman–Crippen MR) is 148 cm³/mol. The first-order valence-corrected chi connectivity index (χ1v) is 14.4. The summed E-state index contributed by atoms with van der Waals surface area (Å²) in [7, 11) is 0. The molecule has 0 radical (unpaired) electrons. The molecule has 38 heavy (non-hydrogen) atoms. The maximum atomic E-state index is 13.5. The fraction of sp³-hybridized carbons (Fsp3) is 0.469. The Morgan fingerprint density at radius 1 is 0.816 bits per heavy atom. The number of nitrogens with zero attached hydrogens (tertiary/aromatic N) is 1. The van der Waals surface area contributed by atoms with Gasteiger partial charge in [-0.2, -0.15) is 0 Å². The molecular formula is C32H34N4O2. The molecule has 5 saturated carbocycles. The van der Waals surface area contributed by atoms with Crippen LogP contribution in [0.25, 0.3) is 22.4 Å². The largest absolute Gasteiger partial charge is 0.338 e. The third-order valence-corrected chi connectivity index (χ3v) is 10.3. The van der Waals surface area contributed by atoms with Gasteiger partial charge in [0.1, 0.15) is 5.82 Å². The van der Waals surface area contributed by atoms with Gasteiger partial charge >= 0.3 is 0 Å². The Hall–Kier alpha value is -3.41. The first-order valence-electron chi connectivity index (χ1n) is 14.4. The van der Waals surface area contributed by atoms with Crippen LogP contribution in [0.3, 0.4) is 0 Å². The number of rotatable bonds is 5. The summed E-state index contributed by atoms with van der Waals surface area (Å²) in [5, 5.41) is 6.37. The first kappa shape index (κ1) is 22.6. The number of hydrogen-bond donors (Lipinski definition) is 3. The average Bonchev–Trinajstić information content (AvgIpc) is 3.64. The summed E-state index contributed by atoms with van der Waals surface area (Å²) >= 11 is 0. The number of anilines is 2. The van der Waals surface area contributed by atoms with Crippen molar-refractivity contribution in [3.8, 4) is 11.4 Å². The van der Waals surface area contributed by atoms with Crippen LogP contribution >= 0.6 is 0 Å². The Kier molecular flexibility index (Phi) is 4.92. The number of H-pyrrole nitrogens is 1. The zero-order chi connectivity index (χ0) is 25.4.